The van der Waals surface area contributed by atoms with Crippen LogP contribution in [-0.4, -0.2) is 22.2 Å². The van der Waals surface area contributed by atoms with Crippen LogP contribution in [0.3, 0.4) is 0 Å². The number of nitro benzene ring substituents is 1. The molecule has 0 saturated heterocycles. The normalized spacial score (nSPS) is 17.5. The number of benzene rings is 2. The van der Waals surface area contributed by atoms with Crippen molar-refractivity contribution in [1.82, 2.24) is 5.32 Å². The molecule has 0 radical (unpaired) electrons. The second-order valence-electron chi connectivity index (χ2n) is 6.51. The van der Waals surface area contributed by atoms with Gasteiger partial charge in [0.1, 0.15) is 0 Å². The molecule has 1 unspecified atom stereocenters. The summed E-state index contributed by atoms with van der Waals surface area (Å²) in [5, 5.41) is 25.1. The highest BCUT2D eigenvalue weighted by Crippen LogP contribution is 2.31. The topological polar surface area (TPSA) is 75.4 Å². The predicted molar refractivity (Wildman–Crippen MR) is 92.8 cm³/mol. The minimum Gasteiger partial charge on any atom is -0.389 e. The Kier molecular flexibility index (Phi) is 4.92. The van der Waals surface area contributed by atoms with Crippen molar-refractivity contribution in [3.63, 3.8) is 0 Å². The third kappa shape index (κ3) is 3.80. The predicted octanol–water partition coefficient (Wildman–Crippen LogP) is 3.58. The van der Waals surface area contributed by atoms with Gasteiger partial charge in [0.25, 0.3) is 5.69 Å². The average Bonchev–Trinajstić information content (AvgIpc) is 3.03. The van der Waals surface area contributed by atoms with Crippen LogP contribution in [0.25, 0.3) is 0 Å². The number of nitrogens with one attached hydrogen (secondary N) is 1. The highest BCUT2D eigenvalue weighted by molar-refractivity contribution is 5.40. The van der Waals surface area contributed by atoms with E-state index in [0.717, 1.165) is 36.8 Å². The molecule has 3 rings (SSSR count). The maximum Gasteiger partial charge on any atom is 0.269 e. The highest BCUT2D eigenvalue weighted by Gasteiger charge is 2.32. The van der Waals surface area contributed by atoms with E-state index >= 15 is 0 Å². The van der Waals surface area contributed by atoms with Crippen LogP contribution in [0.2, 0.25) is 0 Å². The lowest BCUT2D eigenvalue weighted by Crippen LogP contribution is -2.40. The van der Waals surface area contributed by atoms with Crippen LogP contribution in [0.1, 0.15) is 42.9 Å². The van der Waals surface area contributed by atoms with Crippen LogP contribution in [0.4, 0.5) is 5.69 Å². The molecule has 0 heterocycles. The average molecular weight is 326 g/mol. The van der Waals surface area contributed by atoms with Crippen LogP contribution >= 0.6 is 0 Å². The number of rotatable bonds is 6. The number of nitro groups is 1. The second-order valence-corrected chi connectivity index (χ2v) is 6.51. The smallest absolute Gasteiger partial charge is 0.269 e. The molecule has 1 fully saturated rings. The number of aliphatic hydroxyl groups is 1. The molecular formula is C19H22N2O3. The summed E-state index contributed by atoms with van der Waals surface area (Å²) in [5.74, 6) is 0. The number of non-ortho nitro benzene ring substituents is 1. The van der Waals surface area contributed by atoms with Crippen molar-refractivity contribution in [2.45, 2.75) is 37.3 Å². The first kappa shape index (κ1) is 16.6. The molecule has 1 aliphatic rings. The second kappa shape index (κ2) is 7.11. The van der Waals surface area contributed by atoms with Gasteiger partial charge in [-0.05, 0) is 24.0 Å². The highest BCUT2D eigenvalue weighted by atomic mass is 16.6. The van der Waals surface area contributed by atoms with Crippen molar-refractivity contribution in [1.29, 1.82) is 0 Å². The maximum absolute atomic E-state index is 11.1. The Balaban J connectivity index is 1.87. The number of hydrogen-bond acceptors (Lipinski definition) is 4. The van der Waals surface area contributed by atoms with Gasteiger partial charge < -0.3 is 10.4 Å². The molecule has 1 saturated carbocycles. The van der Waals surface area contributed by atoms with Gasteiger partial charge in [-0.15, -0.1) is 0 Å². The van der Waals surface area contributed by atoms with Crippen LogP contribution in [-0.2, 0) is 0 Å². The molecule has 2 aromatic carbocycles. The Hall–Kier alpha value is -2.24. The van der Waals surface area contributed by atoms with Crippen molar-refractivity contribution < 1.29 is 10.0 Å². The monoisotopic (exact) mass is 326 g/mol. The molecule has 24 heavy (non-hydrogen) atoms. The van der Waals surface area contributed by atoms with E-state index in [4.69, 9.17) is 0 Å². The summed E-state index contributed by atoms with van der Waals surface area (Å²) in [7, 11) is 0. The minimum atomic E-state index is -0.673. The van der Waals surface area contributed by atoms with E-state index in [1.54, 1.807) is 12.1 Å². The van der Waals surface area contributed by atoms with Crippen LogP contribution in [0.5, 0.6) is 0 Å². The van der Waals surface area contributed by atoms with Crippen molar-refractivity contribution >= 4 is 5.69 Å². The molecule has 0 aliphatic heterocycles. The Morgan fingerprint density at radius 2 is 1.75 bits per heavy atom. The minimum absolute atomic E-state index is 0.0785. The Labute approximate surface area is 141 Å². The molecule has 2 aromatic rings. The zero-order chi connectivity index (χ0) is 17.0. The van der Waals surface area contributed by atoms with E-state index in [9.17, 15) is 15.2 Å². The van der Waals surface area contributed by atoms with Crippen molar-refractivity contribution in [2.75, 3.05) is 6.54 Å². The molecule has 126 valence electrons. The van der Waals surface area contributed by atoms with Crippen LogP contribution in [0, 0.1) is 10.1 Å². The Morgan fingerprint density at radius 3 is 2.42 bits per heavy atom. The summed E-state index contributed by atoms with van der Waals surface area (Å²) in [4.78, 5) is 10.7. The fourth-order valence-electron chi connectivity index (χ4n) is 3.39. The van der Waals surface area contributed by atoms with Gasteiger partial charge in [-0.25, -0.2) is 0 Å². The molecule has 0 bridgehead atoms. The zero-order valence-electron chi connectivity index (χ0n) is 13.5. The third-order valence-electron chi connectivity index (χ3n) is 4.72. The Morgan fingerprint density at radius 1 is 1.08 bits per heavy atom. The first-order chi connectivity index (χ1) is 11.6. The summed E-state index contributed by atoms with van der Waals surface area (Å²) >= 11 is 0. The van der Waals surface area contributed by atoms with E-state index in [1.807, 2.05) is 36.4 Å². The summed E-state index contributed by atoms with van der Waals surface area (Å²) in [5.41, 5.74) is 1.26. The summed E-state index contributed by atoms with van der Waals surface area (Å²) in [6, 6.07) is 16.3. The van der Waals surface area contributed by atoms with Gasteiger partial charge in [-0.1, -0.05) is 55.3 Å². The van der Waals surface area contributed by atoms with Gasteiger partial charge in [-0.3, -0.25) is 10.1 Å². The SMILES string of the molecule is O=[N+]([O-])c1cccc(C(NCC2(O)CCCC2)c2ccccc2)c1. The first-order valence-corrected chi connectivity index (χ1v) is 8.32. The molecule has 5 heteroatoms. The zero-order valence-corrected chi connectivity index (χ0v) is 13.5. The van der Waals surface area contributed by atoms with E-state index in [2.05, 4.69) is 5.32 Å². The maximum atomic E-state index is 11.1. The number of nitrogens with zero attached hydrogens (tertiary/aromatic N) is 1. The van der Waals surface area contributed by atoms with Gasteiger partial charge in [0, 0.05) is 18.7 Å². The van der Waals surface area contributed by atoms with E-state index < -0.39 is 5.60 Å². The molecule has 0 amide bonds. The molecule has 5 nitrogen and oxygen atoms in total. The third-order valence-corrected chi connectivity index (χ3v) is 4.72. The molecule has 0 aromatic heterocycles. The summed E-state index contributed by atoms with van der Waals surface area (Å²) in [6.07, 6.45) is 3.70. The van der Waals surface area contributed by atoms with Gasteiger partial charge in [0.05, 0.1) is 16.6 Å². The first-order valence-electron chi connectivity index (χ1n) is 8.32. The van der Waals surface area contributed by atoms with Crippen LogP contribution in [0.15, 0.2) is 54.6 Å². The molecule has 2 N–H and O–H groups in total. The number of hydrogen-bond donors (Lipinski definition) is 2. The fourth-order valence-corrected chi connectivity index (χ4v) is 3.39. The largest absolute Gasteiger partial charge is 0.389 e. The molecule has 0 spiro atoms. The van der Waals surface area contributed by atoms with Crippen molar-refractivity contribution in [3.05, 3.63) is 75.8 Å². The summed E-state index contributed by atoms with van der Waals surface area (Å²) < 4.78 is 0. The van der Waals surface area contributed by atoms with Crippen molar-refractivity contribution in [3.8, 4) is 0 Å². The summed E-state index contributed by atoms with van der Waals surface area (Å²) in [6.45, 7) is 0.481. The fraction of sp³-hybridized carbons (Fsp3) is 0.368. The lowest BCUT2D eigenvalue weighted by Gasteiger charge is -2.27. The van der Waals surface area contributed by atoms with Gasteiger partial charge in [0.15, 0.2) is 0 Å². The van der Waals surface area contributed by atoms with Gasteiger partial charge >= 0.3 is 0 Å². The molecule has 1 aliphatic carbocycles. The lowest BCUT2D eigenvalue weighted by molar-refractivity contribution is -0.384. The van der Waals surface area contributed by atoms with Crippen molar-refractivity contribution in [2.24, 2.45) is 0 Å². The van der Waals surface area contributed by atoms with Crippen LogP contribution < -0.4 is 5.32 Å². The van der Waals surface area contributed by atoms with E-state index in [-0.39, 0.29) is 16.7 Å². The Bertz CT molecular complexity index is 697. The quantitative estimate of drug-likeness (QED) is 0.628. The molecular weight excluding hydrogens is 304 g/mol. The lowest BCUT2D eigenvalue weighted by atomic mass is 9.96. The van der Waals surface area contributed by atoms with E-state index in [0.29, 0.717) is 6.54 Å². The standard InChI is InChI=1S/C19H22N2O3/c22-19(11-4-5-12-19)14-20-18(15-7-2-1-3-8-15)16-9-6-10-17(13-16)21(23)24/h1-3,6-10,13,18,20,22H,4-5,11-12,14H2. The van der Waals surface area contributed by atoms with Gasteiger partial charge in [-0.2, -0.15) is 0 Å². The molecule has 1 atom stereocenters. The van der Waals surface area contributed by atoms with Gasteiger partial charge in [0.2, 0.25) is 0 Å². The van der Waals surface area contributed by atoms with E-state index in [1.165, 1.54) is 6.07 Å².